The summed E-state index contributed by atoms with van der Waals surface area (Å²) in [5, 5.41) is 31.3. The number of ether oxygens (including phenoxy) is 1. The molecule has 22 heavy (non-hydrogen) atoms. The summed E-state index contributed by atoms with van der Waals surface area (Å²) in [5.74, 6) is -0.286. The van der Waals surface area contributed by atoms with Gasteiger partial charge in [-0.15, -0.1) is 5.10 Å². The van der Waals surface area contributed by atoms with Crippen LogP contribution in [0.1, 0.15) is 16.2 Å². The van der Waals surface area contributed by atoms with E-state index in [2.05, 4.69) is 10.1 Å². The van der Waals surface area contributed by atoms with Gasteiger partial charge in [0.25, 0.3) is 0 Å². The summed E-state index contributed by atoms with van der Waals surface area (Å²) in [5.41, 5.74) is 0.477. The molecule has 118 valence electrons. The number of carbonyl (C=O) groups excluding carboxylic acids is 1. The summed E-state index contributed by atoms with van der Waals surface area (Å²) in [6, 6.07) is 8.63. The lowest BCUT2D eigenvalue weighted by Crippen LogP contribution is -2.35. The van der Waals surface area contributed by atoms with Crippen LogP contribution < -0.4 is 0 Å². The van der Waals surface area contributed by atoms with Gasteiger partial charge in [-0.3, -0.25) is 4.79 Å². The zero-order valence-electron chi connectivity index (χ0n) is 11.7. The van der Waals surface area contributed by atoms with Crippen molar-refractivity contribution in [3.63, 3.8) is 0 Å². The number of aromatic nitrogens is 3. The van der Waals surface area contributed by atoms with Crippen molar-refractivity contribution in [2.75, 3.05) is 13.2 Å². The van der Waals surface area contributed by atoms with Crippen LogP contribution in [0, 0.1) is 0 Å². The van der Waals surface area contributed by atoms with Crippen LogP contribution in [-0.4, -0.2) is 61.3 Å². The fourth-order valence-electron chi connectivity index (χ4n) is 1.75. The Morgan fingerprint density at radius 2 is 1.95 bits per heavy atom. The van der Waals surface area contributed by atoms with Crippen molar-refractivity contribution in [2.24, 2.45) is 0 Å². The number of nitrogens with zero attached hydrogens (tertiary/aromatic N) is 3. The Balaban J connectivity index is 1.98. The molecule has 0 radical (unpaired) electrons. The van der Waals surface area contributed by atoms with E-state index in [0.717, 1.165) is 0 Å². The topological polar surface area (TPSA) is 118 Å². The average Bonchev–Trinajstić information content (AvgIpc) is 3.04. The second-order valence-electron chi connectivity index (χ2n) is 4.57. The van der Waals surface area contributed by atoms with Gasteiger partial charge in [0.2, 0.25) is 11.6 Å². The molecule has 0 saturated heterocycles. The van der Waals surface area contributed by atoms with Gasteiger partial charge in [0, 0.05) is 5.56 Å². The maximum atomic E-state index is 12.1. The minimum absolute atomic E-state index is 0.0260. The van der Waals surface area contributed by atoms with Crippen LogP contribution in [0.4, 0.5) is 0 Å². The summed E-state index contributed by atoms with van der Waals surface area (Å²) < 4.78 is 6.48. The second kappa shape index (κ2) is 7.76. The van der Waals surface area contributed by atoms with E-state index < -0.39 is 25.4 Å². The van der Waals surface area contributed by atoms with E-state index >= 15 is 0 Å². The van der Waals surface area contributed by atoms with Gasteiger partial charge >= 0.3 is 0 Å². The van der Waals surface area contributed by atoms with Crippen molar-refractivity contribution >= 4 is 5.78 Å². The van der Waals surface area contributed by atoms with Crippen molar-refractivity contribution in [3.05, 3.63) is 48.0 Å². The summed E-state index contributed by atoms with van der Waals surface area (Å²) >= 11 is 0. The Hall–Kier alpha value is -2.13. The van der Waals surface area contributed by atoms with Crippen molar-refractivity contribution in [2.45, 2.75) is 18.9 Å². The normalized spacial score (nSPS) is 13.8. The van der Waals surface area contributed by atoms with Gasteiger partial charge in [0.15, 0.2) is 0 Å². The summed E-state index contributed by atoms with van der Waals surface area (Å²) in [6.45, 7) is -1.09. The van der Waals surface area contributed by atoms with Crippen molar-refractivity contribution in [3.8, 4) is 0 Å². The average molecular weight is 307 g/mol. The standard InChI is InChI=1S/C14H17N3O5/c18-6-11(20)12(7-19)22-9-17-8-15-14(16-17)13(21)10-4-2-1-3-5-10/h1-5,8,11-12,18-20H,6-7,9H2/t11?,12-/m1/s1. The number of aliphatic hydroxyl groups excluding tert-OH is 3. The molecule has 2 atom stereocenters. The van der Waals surface area contributed by atoms with Gasteiger partial charge in [-0.25, -0.2) is 9.67 Å². The summed E-state index contributed by atoms with van der Waals surface area (Å²) in [4.78, 5) is 16.0. The van der Waals surface area contributed by atoms with Crippen LogP contribution >= 0.6 is 0 Å². The molecule has 0 aliphatic rings. The molecule has 2 aromatic rings. The highest BCUT2D eigenvalue weighted by molar-refractivity contribution is 6.06. The van der Waals surface area contributed by atoms with Crippen molar-refractivity contribution in [1.29, 1.82) is 0 Å². The molecular weight excluding hydrogens is 290 g/mol. The van der Waals surface area contributed by atoms with Crippen LogP contribution in [0.5, 0.6) is 0 Å². The maximum Gasteiger partial charge on any atom is 0.232 e. The largest absolute Gasteiger partial charge is 0.394 e. The molecule has 8 nitrogen and oxygen atoms in total. The smallest absolute Gasteiger partial charge is 0.232 e. The third kappa shape index (κ3) is 3.95. The molecule has 8 heteroatoms. The fraction of sp³-hybridized carbons (Fsp3) is 0.357. The molecule has 0 aliphatic carbocycles. The van der Waals surface area contributed by atoms with E-state index in [9.17, 15) is 9.90 Å². The molecule has 0 spiro atoms. The van der Waals surface area contributed by atoms with E-state index in [0.29, 0.717) is 5.56 Å². The summed E-state index contributed by atoms with van der Waals surface area (Å²) in [7, 11) is 0. The SMILES string of the molecule is O=C(c1ccccc1)c1ncn(CO[C@H](CO)C(O)CO)n1. The number of hydrogen-bond donors (Lipinski definition) is 3. The van der Waals surface area contributed by atoms with Gasteiger partial charge in [-0.05, 0) is 0 Å². The van der Waals surface area contributed by atoms with Gasteiger partial charge in [-0.1, -0.05) is 30.3 Å². The first kappa shape index (κ1) is 16.2. The van der Waals surface area contributed by atoms with Crippen LogP contribution in [0.2, 0.25) is 0 Å². The first-order valence-electron chi connectivity index (χ1n) is 6.66. The number of aliphatic hydroxyl groups is 3. The predicted molar refractivity (Wildman–Crippen MR) is 74.9 cm³/mol. The molecule has 2 rings (SSSR count). The van der Waals surface area contributed by atoms with E-state index in [-0.39, 0.29) is 18.3 Å². The zero-order valence-corrected chi connectivity index (χ0v) is 11.7. The summed E-state index contributed by atoms with van der Waals surface area (Å²) in [6.07, 6.45) is -0.822. The molecule has 0 saturated carbocycles. The number of carbonyl (C=O) groups is 1. The Morgan fingerprint density at radius 3 is 2.59 bits per heavy atom. The number of rotatable bonds is 8. The quantitative estimate of drug-likeness (QED) is 0.546. The van der Waals surface area contributed by atoms with Gasteiger partial charge in [-0.2, -0.15) is 0 Å². The highest BCUT2D eigenvalue weighted by atomic mass is 16.5. The third-order valence-corrected chi connectivity index (χ3v) is 2.99. The Morgan fingerprint density at radius 1 is 1.23 bits per heavy atom. The highest BCUT2D eigenvalue weighted by Gasteiger charge is 2.19. The van der Waals surface area contributed by atoms with E-state index in [4.69, 9.17) is 14.9 Å². The Kier molecular flexibility index (Phi) is 5.73. The van der Waals surface area contributed by atoms with E-state index in [1.165, 1.54) is 11.0 Å². The lowest BCUT2D eigenvalue weighted by molar-refractivity contribution is -0.103. The maximum absolute atomic E-state index is 12.1. The van der Waals surface area contributed by atoms with Gasteiger partial charge in [0.05, 0.1) is 13.2 Å². The van der Waals surface area contributed by atoms with Crippen molar-refractivity contribution < 1.29 is 24.9 Å². The molecule has 0 aliphatic heterocycles. The van der Waals surface area contributed by atoms with E-state index in [1.54, 1.807) is 30.3 Å². The third-order valence-electron chi connectivity index (χ3n) is 2.99. The van der Waals surface area contributed by atoms with Crippen LogP contribution in [0.3, 0.4) is 0 Å². The van der Waals surface area contributed by atoms with Gasteiger partial charge < -0.3 is 20.1 Å². The molecule has 0 amide bonds. The predicted octanol–water partition coefficient (Wildman–Crippen LogP) is -0.803. The molecule has 0 bridgehead atoms. The van der Waals surface area contributed by atoms with Crippen molar-refractivity contribution in [1.82, 2.24) is 14.8 Å². The first-order valence-corrected chi connectivity index (χ1v) is 6.66. The van der Waals surface area contributed by atoms with Crippen LogP contribution in [-0.2, 0) is 11.5 Å². The van der Waals surface area contributed by atoms with Crippen LogP contribution in [0.25, 0.3) is 0 Å². The highest BCUT2D eigenvalue weighted by Crippen LogP contribution is 2.06. The van der Waals surface area contributed by atoms with E-state index in [1.807, 2.05) is 0 Å². The number of benzene rings is 1. The molecule has 3 N–H and O–H groups in total. The number of ketones is 1. The monoisotopic (exact) mass is 307 g/mol. The minimum atomic E-state index is -1.20. The molecule has 0 fully saturated rings. The number of hydrogen-bond acceptors (Lipinski definition) is 7. The fourth-order valence-corrected chi connectivity index (χ4v) is 1.75. The minimum Gasteiger partial charge on any atom is -0.394 e. The lowest BCUT2D eigenvalue weighted by Gasteiger charge is -2.19. The van der Waals surface area contributed by atoms with Gasteiger partial charge in [0.1, 0.15) is 25.3 Å². The Labute approximate surface area is 126 Å². The zero-order chi connectivity index (χ0) is 15.9. The molecule has 1 unspecified atom stereocenters. The Bertz CT molecular complexity index is 602. The lowest BCUT2D eigenvalue weighted by atomic mass is 10.1. The molecular formula is C14H17N3O5. The van der Waals surface area contributed by atoms with Crippen LogP contribution in [0.15, 0.2) is 36.7 Å². The second-order valence-corrected chi connectivity index (χ2v) is 4.57. The molecule has 1 aromatic heterocycles. The first-order chi connectivity index (χ1) is 10.7. The molecule has 1 aromatic carbocycles. The molecule has 1 heterocycles.